The molecule has 1 unspecified atom stereocenters. The fraction of sp³-hybridized carbons (Fsp3) is 0.483. The van der Waals surface area contributed by atoms with Gasteiger partial charge in [-0.3, -0.25) is 9.59 Å². The van der Waals surface area contributed by atoms with Crippen molar-refractivity contribution in [1.82, 2.24) is 4.90 Å². The van der Waals surface area contributed by atoms with Gasteiger partial charge in [0.25, 0.3) is 0 Å². The quantitative estimate of drug-likeness (QED) is 0.443. The zero-order valence-electron chi connectivity index (χ0n) is 23.8. The number of nitrogens with zero attached hydrogens (tertiary/aromatic N) is 1. The van der Waals surface area contributed by atoms with Gasteiger partial charge < -0.3 is 28.4 Å². The van der Waals surface area contributed by atoms with Crippen molar-refractivity contribution in [2.45, 2.75) is 52.2 Å². The summed E-state index contributed by atoms with van der Waals surface area (Å²) < 4.78 is 33.6. The molecular weight excluding hydrogens is 506 g/mol. The number of carbonyl (C=O) groups is 2. The molecule has 0 saturated carbocycles. The number of aryl methyl sites for hydroxylation is 1. The van der Waals surface area contributed by atoms with Gasteiger partial charge in [0, 0.05) is 19.6 Å². The molecule has 0 radical (unpaired) electrons. The van der Waals surface area contributed by atoms with E-state index < -0.39 is 29.1 Å². The van der Waals surface area contributed by atoms with Crippen molar-refractivity contribution in [2.24, 2.45) is 0 Å². The molecule has 0 aliphatic heterocycles. The third kappa shape index (κ3) is 6.44. The Morgan fingerprint density at radius 2 is 1.64 bits per heavy atom. The number of amides is 2. The van der Waals surface area contributed by atoms with E-state index in [0.717, 1.165) is 10.5 Å². The Morgan fingerprint density at radius 3 is 2.21 bits per heavy atom. The molecule has 2 aromatic carbocycles. The van der Waals surface area contributed by atoms with Gasteiger partial charge in [0.1, 0.15) is 12.2 Å². The van der Waals surface area contributed by atoms with Crippen LogP contribution in [-0.2, 0) is 20.7 Å². The SMILES string of the molecule is COCCOc1c(OC)c(OC)cc2c1-c1ccc(OC)c(=O)cc1C(N(C(C)=O)C(=O)OC(C)(C)C)CC2. The number of benzene rings is 1. The molecule has 1 aliphatic rings. The predicted molar refractivity (Wildman–Crippen MR) is 145 cm³/mol. The Balaban J connectivity index is 2.39. The smallest absolute Gasteiger partial charge is 0.417 e. The van der Waals surface area contributed by atoms with E-state index in [1.165, 1.54) is 34.3 Å². The Bertz CT molecular complexity index is 1280. The number of hydrogen-bond donors (Lipinski definition) is 0. The lowest BCUT2D eigenvalue weighted by atomic mass is 9.95. The second-order valence-electron chi connectivity index (χ2n) is 10.0. The first kappa shape index (κ1) is 29.8. The van der Waals surface area contributed by atoms with Gasteiger partial charge in [-0.1, -0.05) is 6.07 Å². The van der Waals surface area contributed by atoms with Gasteiger partial charge >= 0.3 is 6.09 Å². The summed E-state index contributed by atoms with van der Waals surface area (Å²) in [4.78, 5) is 40.5. The van der Waals surface area contributed by atoms with Crippen LogP contribution >= 0.6 is 0 Å². The number of imide groups is 1. The van der Waals surface area contributed by atoms with Gasteiger partial charge in [-0.2, -0.15) is 0 Å². The fourth-order valence-corrected chi connectivity index (χ4v) is 4.67. The molecule has 0 fully saturated rings. The highest BCUT2D eigenvalue weighted by atomic mass is 16.6. The van der Waals surface area contributed by atoms with Crippen LogP contribution in [0.4, 0.5) is 4.79 Å². The number of hydrogen-bond acceptors (Lipinski definition) is 9. The largest absolute Gasteiger partial charge is 0.493 e. The summed E-state index contributed by atoms with van der Waals surface area (Å²) in [6, 6.07) is 5.74. The lowest BCUT2D eigenvalue weighted by Gasteiger charge is -2.31. The van der Waals surface area contributed by atoms with Crippen LogP contribution in [0, 0.1) is 0 Å². The zero-order chi connectivity index (χ0) is 28.9. The van der Waals surface area contributed by atoms with Crippen LogP contribution in [0.25, 0.3) is 11.1 Å². The molecule has 10 heteroatoms. The molecule has 0 saturated heterocycles. The van der Waals surface area contributed by atoms with E-state index in [0.29, 0.717) is 53.4 Å². The van der Waals surface area contributed by atoms with E-state index in [9.17, 15) is 14.4 Å². The van der Waals surface area contributed by atoms with Gasteiger partial charge in [0.05, 0.1) is 34.0 Å². The van der Waals surface area contributed by atoms with Crippen LogP contribution in [0.2, 0.25) is 0 Å². The van der Waals surface area contributed by atoms with Gasteiger partial charge in [0.15, 0.2) is 17.2 Å². The van der Waals surface area contributed by atoms with Crippen molar-refractivity contribution in [3.05, 3.63) is 45.6 Å². The molecule has 212 valence electrons. The average Bonchev–Trinajstić information content (AvgIpc) is 3.11. The van der Waals surface area contributed by atoms with Crippen molar-refractivity contribution in [3.8, 4) is 34.1 Å². The third-order valence-corrected chi connectivity index (χ3v) is 6.26. The molecule has 1 aliphatic carbocycles. The number of rotatable bonds is 8. The Hall–Kier alpha value is -3.79. The molecule has 0 heterocycles. The molecule has 1 atom stereocenters. The number of fused-ring (bicyclic) bond motifs is 3. The Morgan fingerprint density at radius 1 is 0.949 bits per heavy atom. The van der Waals surface area contributed by atoms with Crippen LogP contribution < -0.4 is 24.4 Å². The van der Waals surface area contributed by atoms with E-state index in [2.05, 4.69) is 0 Å². The normalized spacial score (nSPS) is 14.3. The van der Waals surface area contributed by atoms with Gasteiger partial charge in [-0.05, 0) is 68.5 Å². The molecule has 0 bridgehead atoms. The van der Waals surface area contributed by atoms with E-state index in [-0.39, 0.29) is 12.4 Å². The Labute approximate surface area is 228 Å². The summed E-state index contributed by atoms with van der Waals surface area (Å²) in [6.07, 6.45) is -0.0518. The van der Waals surface area contributed by atoms with Crippen molar-refractivity contribution in [3.63, 3.8) is 0 Å². The van der Waals surface area contributed by atoms with Gasteiger partial charge in [-0.15, -0.1) is 0 Å². The van der Waals surface area contributed by atoms with Gasteiger partial charge in [-0.25, -0.2) is 9.69 Å². The van der Waals surface area contributed by atoms with Crippen LogP contribution in [0.3, 0.4) is 0 Å². The Kier molecular flexibility index (Phi) is 9.45. The second kappa shape index (κ2) is 12.4. The fourth-order valence-electron chi connectivity index (χ4n) is 4.67. The second-order valence-corrected chi connectivity index (χ2v) is 10.0. The third-order valence-electron chi connectivity index (χ3n) is 6.26. The summed E-state index contributed by atoms with van der Waals surface area (Å²) in [5.74, 6) is 0.825. The molecular formula is C29H37NO9. The highest BCUT2D eigenvalue weighted by molar-refractivity contribution is 5.92. The summed E-state index contributed by atoms with van der Waals surface area (Å²) in [6.45, 7) is 7.02. The van der Waals surface area contributed by atoms with E-state index >= 15 is 0 Å². The molecule has 0 aromatic heterocycles. The number of methoxy groups -OCH3 is 4. The molecule has 0 spiro atoms. The topological polar surface area (TPSA) is 110 Å². The maximum atomic E-state index is 13.3. The first-order valence-corrected chi connectivity index (χ1v) is 12.6. The summed E-state index contributed by atoms with van der Waals surface area (Å²) in [7, 11) is 6.02. The van der Waals surface area contributed by atoms with E-state index in [1.54, 1.807) is 40.0 Å². The first-order chi connectivity index (χ1) is 18.5. The lowest BCUT2D eigenvalue weighted by Crippen LogP contribution is -2.42. The van der Waals surface area contributed by atoms with Crippen molar-refractivity contribution < 1.29 is 38.0 Å². The lowest BCUT2D eigenvalue weighted by molar-refractivity contribution is -0.130. The maximum Gasteiger partial charge on any atom is 0.417 e. The minimum absolute atomic E-state index is 0.109. The van der Waals surface area contributed by atoms with Crippen LogP contribution in [-0.4, -0.2) is 64.2 Å². The standard InChI is InChI=1S/C29H37NO9/c1-17(31)30(28(33)39-29(2,3)4)21-11-9-18-15-24(36-7)26(37-8)27(38-14-13-34-5)25(18)19-10-12-23(35-6)22(32)16-20(19)21/h10,12,15-16,21H,9,11,13-14H2,1-8H3. The monoisotopic (exact) mass is 543 g/mol. The van der Waals surface area contributed by atoms with Crippen LogP contribution in [0.15, 0.2) is 29.1 Å². The van der Waals surface area contributed by atoms with Crippen LogP contribution in [0.1, 0.15) is 51.3 Å². The summed E-state index contributed by atoms with van der Waals surface area (Å²) in [5.41, 5.74) is 1.28. The van der Waals surface area contributed by atoms with Crippen LogP contribution in [0.5, 0.6) is 23.0 Å². The highest BCUT2D eigenvalue weighted by Crippen LogP contribution is 2.51. The van der Waals surface area contributed by atoms with Gasteiger partial charge in [0.2, 0.25) is 17.1 Å². The van der Waals surface area contributed by atoms with E-state index in [4.69, 9.17) is 28.4 Å². The molecule has 39 heavy (non-hydrogen) atoms. The molecule has 0 N–H and O–H groups in total. The summed E-state index contributed by atoms with van der Waals surface area (Å²) >= 11 is 0. The summed E-state index contributed by atoms with van der Waals surface area (Å²) in [5, 5.41) is 0. The minimum atomic E-state index is -0.835. The average molecular weight is 544 g/mol. The van der Waals surface area contributed by atoms with Crippen molar-refractivity contribution in [1.29, 1.82) is 0 Å². The maximum absolute atomic E-state index is 13.3. The molecule has 3 rings (SSSR count). The zero-order valence-corrected chi connectivity index (χ0v) is 23.8. The minimum Gasteiger partial charge on any atom is -0.493 e. The van der Waals surface area contributed by atoms with E-state index in [1.807, 2.05) is 6.07 Å². The first-order valence-electron chi connectivity index (χ1n) is 12.6. The molecule has 10 nitrogen and oxygen atoms in total. The number of ether oxygens (including phenoxy) is 6. The predicted octanol–water partition coefficient (Wildman–Crippen LogP) is 4.54. The van der Waals surface area contributed by atoms with Crippen molar-refractivity contribution >= 4 is 12.0 Å². The van der Waals surface area contributed by atoms with Crippen molar-refractivity contribution in [2.75, 3.05) is 41.7 Å². The number of carbonyl (C=O) groups excluding carboxylic acids is 2. The molecule has 2 aromatic rings. The molecule has 2 amide bonds. The highest BCUT2D eigenvalue weighted by Gasteiger charge is 2.37.